The first-order valence-electron chi connectivity index (χ1n) is 26.6. The van der Waals surface area contributed by atoms with E-state index in [1.54, 1.807) is 0 Å². The monoisotopic (exact) mass is 865 g/mol. The van der Waals surface area contributed by atoms with Crippen molar-refractivity contribution in [3.8, 4) is 0 Å². The summed E-state index contributed by atoms with van der Waals surface area (Å²) in [5.41, 5.74) is 5.58. The Balaban J connectivity index is 0.000000112. The van der Waals surface area contributed by atoms with Crippen LogP contribution in [0, 0.1) is 85.8 Å². The Bertz CT molecular complexity index is 1870. The van der Waals surface area contributed by atoms with E-state index in [1.165, 1.54) is 74.5 Å². The van der Waals surface area contributed by atoms with Crippen LogP contribution in [0.5, 0.6) is 0 Å². The summed E-state index contributed by atoms with van der Waals surface area (Å²) in [6.07, 6.45) is 32.1. The Kier molecular flexibility index (Phi) is 11.3. The van der Waals surface area contributed by atoms with Crippen LogP contribution >= 0.6 is 0 Å². The van der Waals surface area contributed by atoms with E-state index in [-0.39, 0.29) is 45.4 Å². The summed E-state index contributed by atoms with van der Waals surface area (Å²) < 4.78 is 0. The molecule has 0 aromatic carbocycles. The van der Waals surface area contributed by atoms with Gasteiger partial charge in [-0.2, -0.15) is 0 Å². The van der Waals surface area contributed by atoms with Crippen LogP contribution in [0.1, 0.15) is 196 Å². The van der Waals surface area contributed by atoms with Crippen molar-refractivity contribution in [2.45, 2.75) is 214 Å². The largest absolute Gasteiger partial charge is 0.393 e. The lowest BCUT2D eigenvalue weighted by molar-refractivity contribution is -0.132. The maximum Gasteiger partial charge on any atom is 0.155 e. The van der Waals surface area contributed by atoms with Crippen molar-refractivity contribution >= 4 is 17.3 Å². The maximum atomic E-state index is 12.4. The van der Waals surface area contributed by atoms with Crippen LogP contribution < -0.4 is 0 Å². The van der Waals surface area contributed by atoms with Crippen molar-refractivity contribution in [1.29, 1.82) is 0 Å². The van der Waals surface area contributed by atoms with Gasteiger partial charge in [-0.05, 0) is 227 Å². The molecule has 9 fully saturated rings. The molecular formula is C57H84O6. The lowest BCUT2D eigenvalue weighted by Gasteiger charge is -2.57. The summed E-state index contributed by atoms with van der Waals surface area (Å²) in [7, 11) is 0. The molecule has 18 atom stereocenters. The van der Waals surface area contributed by atoms with Crippen LogP contribution in [0.3, 0.4) is 0 Å². The minimum absolute atomic E-state index is 0.0168. The number of aliphatic hydroxyl groups is 3. The molecule has 9 saturated carbocycles. The van der Waals surface area contributed by atoms with Crippen LogP contribution in [-0.2, 0) is 14.4 Å². The first kappa shape index (κ1) is 44.9. The molecule has 0 bridgehead atoms. The standard InChI is InChI=1S/3C19H28O2/c3*1-18-9-7-13(20)11-12(18)3-4-14-15-5-6-17(21)19(15,2)10-8-16(14)18/h2*11,14-17,21H,3-10H2,1-2H3;3,13-16,20H,4-11H2,1-2H3/t14-,15-,16-,17+,18-,19-;14-,15-,16-,17-,18-,19-;13-,14-,15-,16-,18-,19-/m000/s1. The predicted octanol–water partition coefficient (Wildman–Crippen LogP) is 11.6. The molecule has 3 N–H and O–H groups in total. The van der Waals surface area contributed by atoms with Crippen molar-refractivity contribution < 1.29 is 29.7 Å². The fourth-order valence-electron chi connectivity index (χ4n) is 19.5. The Morgan fingerprint density at radius 1 is 0.429 bits per heavy atom. The van der Waals surface area contributed by atoms with Crippen LogP contribution in [0.2, 0.25) is 0 Å². The van der Waals surface area contributed by atoms with E-state index >= 15 is 0 Å². The lowest BCUT2D eigenvalue weighted by atomic mass is 9.47. The molecule has 348 valence electrons. The van der Waals surface area contributed by atoms with Gasteiger partial charge in [-0.3, -0.25) is 14.4 Å². The molecule has 0 spiro atoms. The molecule has 12 rings (SSSR count). The second kappa shape index (κ2) is 15.9. The summed E-state index contributed by atoms with van der Waals surface area (Å²) in [6.45, 7) is 14.2. The average Bonchev–Trinajstić information content (AvgIpc) is 3.86. The topological polar surface area (TPSA) is 112 Å². The quantitative estimate of drug-likeness (QED) is 0.209. The Hall–Kier alpha value is -1.89. The summed E-state index contributed by atoms with van der Waals surface area (Å²) >= 11 is 0. The number of hydrogen-bond donors (Lipinski definition) is 3. The highest BCUT2D eigenvalue weighted by atomic mass is 16.3. The van der Waals surface area contributed by atoms with E-state index < -0.39 is 0 Å². The van der Waals surface area contributed by atoms with Crippen LogP contribution in [0.4, 0.5) is 0 Å². The molecule has 6 nitrogen and oxygen atoms in total. The molecule has 0 aromatic heterocycles. The molecule has 0 amide bonds. The van der Waals surface area contributed by atoms with Crippen LogP contribution in [0.15, 0.2) is 34.9 Å². The summed E-state index contributed by atoms with van der Waals surface area (Å²) in [5.74, 6) is 7.75. The molecule has 0 radical (unpaired) electrons. The van der Waals surface area contributed by atoms with Crippen LogP contribution in [0.25, 0.3) is 0 Å². The zero-order chi connectivity index (χ0) is 44.5. The maximum absolute atomic E-state index is 12.4. The van der Waals surface area contributed by atoms with E-state index in [2.05, 4.69) is 47.6 Å². The van der Waals surface area contributed by atoms with Gasteiger partial charge in [-0.25, -0.2) is 0 Å². The van der Waals surface area contributed by atoms with Gasteiger partial charge >= 0.3 is 0 Å². The van der Waals surface area contributed by atoms with Gasteiger partial charge in [0.1, 0.15) is 5.78 Å². The van der Waals surface area contributed by atoms with Gasteiger partial charge in [-0.1, -0.05) is 64.3 Å². The van der Waals surface area contributed by atoms with Crippen molar-refractivity contribution in [3.63, 3.8) is 0 Å². The number of fused-ring (bicyclic) bond motifs is 15. The zero-order valence-electron chi connectivity index (χ0n) is 40.2. The molecule has 12 aliphatic rings. The number of carbonyl (C=O) groups excluding carboxylic acids is 3. The summed E-state index contributed by atoms with van der Waals surface area (Å²) in [5, 5.41) is 30.9. The highest BCUT2D eigenvalue weighted by molar-refractivity contribution is 5.92. The van der Waals surface area contributed by atoms with Gasteiger partial charge in [-0.15, -0.1) is 0 Å². The molecule has 0 aromatic rings. The van der Waals surface area contributed by atoms with Crippen molar-refractivity contribution in [3.05, 3.63) is 34.9 Å². The Morgan fingerprint density at radius 2 is 0.889 bits per heavy atom. The fraction of sp³-hybridized carbons (Fsp3) is 0.842. The highest BCUT2D eigenvalue weighted by Gasteiger charge is 2.61. The van der Waals surface area contributed by atoms with E-state index in [9.17, 15) is 29.7 Å². The third kappa shape index (κ3) is 6.85. The molecule has 0 saturated heterocycles. The van der Waals surface area contributed by atoms with Gasteiger partial charge < -0.3 is 15.3 Å². The first-order valence-corrected chi connectivity index (χ1v) is 26.6. The lowest BCUT2D eigenvalue weighted by Crippen LogP contribution is -2.51. The minimum Gasteiger partial charge on any atom is -0.393 e. The minimum atomic E-state index is -0.122. The number of rotatable bonds is 0. The number of aliphatic hydroxyl groups excluding tert-OH is 3. The van der Waals surface area contributed by atoms with E-state index in [0.29, 0.717) is 46.4 Å². The van der Waals surface area contributed by atoms with Crippen molar-refractivity contribution in [2.75, 3.05) is 0 Å². The van der Waals surface area contributed by atoms with E-state index in [0.717, 1.165) is 126 Å². The van der Waals surface area contributed by atoms with Crippen molar-refractivity contribution in [1.82, 2.24) is 0 Å². The molecule has 0 heterocycles. The number of hydrogen-bond acceptors (Lipinski definition) is 6. The number of ketones is 3. The normalized spacial score (nSPS) is 52.7. The summed E-state index contributed by atoms with van der Waals surface area (Å²) in [6, 6.07) is 0. The predicted molar refractivity (Wildman–Crippen MR) is 248 cm³/mol. The number of carbonyl (C=O) groups is 3. The Labute approximate surface area is 380 Å². The molecular weight excluding hydrogens is 781 g/mol. The zero-order valence-corrected chi connectivity index (χ0v) is 40.2. The molecule has 12 aliphatic carbocycles. The van der Waals surface area contributed by atoms with Gasteiger partial charge in [0.2, 0.25) is 0 Å². The van der Waals surface area contributed by atoms with Crippen molar-refractivity contribution in [2.24, 2.45) is 85.8 Å². The molecule has 63 heavy (non-hydrogen) atoms. The average molecular weight is 865 g/mol. The van der Waals surface area contributed by atoms with Crippen LogP contribution in [-0.4, -0.2) is 51.0 Å². The third-order valence-corrected chi connectivity index (χ3v) is 23.6. The fourth-order valence-corrected chi connectivity index (χ4v) is 19.5. The smallest absolute Gasteiger partial charge is 0.155 e. The second-order valence-electron chi connectivity index (χ2n) is 25.8. The van der Waals surface area contributed by atoms with E-state index in [4.69, 9.17) is 0 Å². The van der Waals surface area contributed by atoms with Gasteiger partial charge in [0, 0.05) is 24.7 Å². The Morgan fingerprint density at radius 3 is 1.43 bits per heavy atom. The second-order valence-corrected chi connectivity index (χ2v) is 25.8. The molecule has 6 heteroatoms. The first-order chi connectivity index (χ1) is 29.8. The molecule has 0 aliphatic heterocycles. The SMILES string of the molecule is C[C@]12CC[C@H](O)CC1=CC[C@@H]1[C@@H]2CC[C@]2(C)C(=O)CC[C@@H]12.C[C@]12CC[C@H]3[C@@H](CCC4=CC(=O)CC[C@@]43C)[C@@H]1CC[C@@H]2O.C[C@]12CC[C@H]3[C@@H](CCC4=CC(=O)CC[C@@]43C)[C@@H]1CC[C@H]2O. The van der Waals surface area contributed by atoms with Gasteiger partial charge in [0.25, 0.3) is 0 Å². The van der Waals surface area contributed by atoms with Gasteiger partial charge in [0.15, 0.2) is 11.6 Å². The third-order valence-electron chi connectivity index (χ3n) is 23.6. The number of allylic oxidation sites excluding steroid dienone is 3. The van der Waals surface area contributed by atoms with E-state index in [1.807, 2.05) is 12.2 Å². The molecule has 0 unspecified atom stereocenters. The highest BCUT2D eigenvalue weighted by Crippen LogP contribution is 2.68. The van der Waals surface area contributed by atoms with Gasteiger partial charge in [0.05, 0.1) is 18.3 Å². The number of Topliss-reactive ketones (excluding diaryl/α,β-unsaturated/α-hetero) is 1. The summed E-state index contributed by atoms with van der Waals surface area (Å²) in [4.78, 5) is 35.9.